The van der Waals surface area contributed by atoms with Crippen LogP contribution in [0.25, 0.3) is 17.0 Å². The van der Waals surface area contributed by atoms with E-state index >= 15 is 0 Å². The summed E-state index contributed by atoms with van der Waals surface area (Å²) in [5.41, 5.74) is 2.46. The highest BCUT2D eigenvalue weighted by atomic mass is 16.5. The summed E-state index contributed by atoms with van der Waals surface area (Å²) in [7, 11) is 0. The van der Waals surface area contributed by atoms with Gasteiger partial charge in [-0.05, 0) is 42.2 Å². The number of rotatable bonds is 7. The Labute approximate surface area is 147 Å². The van der Waals surface area contributed by atoms with Crippen molar-refractivity contribution in [3.05, 3.63) is 82.2 Å². The molecular weight excluding hydrogens is 312 g/mol. The average Bonchev–Trinajstić information content (AvgIpc) is 2.63. The Bertz CT molecular complexity index is 907. The molecule has 0 N–H and O–H groups in total. The lowest BCUT2D eigenvalue weighted by Gasteiger charge is -2.07. The average molecular weight is 334 g/mol. The van der Waals surface area contributed by atoms with Crippen LogP contribution >= 0.6 is 0 Å². The van der Waals surface area contributed by atoms with Gasteiger partial charge in [-0.15, -0.1) is 0 Å². The standard InChI is InChI=1S/C22H22O3/c1-2-3-11-18-15-22(23)25-21-16-19(12-13-20(18)21)24-14-7-10-17-8-5-4-6-9-17/h4-10,12-13,15-16H,2-3,11,14H2,1H3. The van der Waals surface area contributed by atoms with E-state index in [1.54, 1.807) is 12.1 Å². The number of unbranched alkanes of at least 4 members (excludes halogenated alkanes) is 1. The summed E-state index contributed by atoms with van der Waals surface area (Å²) >= 11 is 0. The van der Waals surface area contributed by atoms with Crippen molar-refractivity contribution in [3.8, 4) is 5.75 Å². The Balaban J connectivity index is 1.72. The first kappa shape index (κ1) is 17.0. The van der Waals surface area contributed by atoms with E-state index in [4.69, 9.17) is 9.15 Å². The molecule has 0 fully saturated rings. The van der Waals surface area contributed by atoms with Gasteiger partial charge in [0.15, 0.2) is 0 Å². The van der Waals surface area contributed by atoms with Gasteiger partial charge in [-0.2, -0.15) is 0 Å². The van der Waals surface area contributed by atoms with Crippen LogP contribution in [0.5, 0.6) is 5.75 Å². The maximum Gasteiger partial charge on any atom is 0.336 e. The molecule has 2 aromatic carbocycles. The first-order valence-electron chi connectivity index (χ1n) is 8.67. The Kier molecular flexibility index (Phi) is 5.68. The fraction of sp³-hybridized carbons (Fsp3) is 0.227. The van der Waals surface area contributed by atoms with Crippen molar-refractivity contribution in [2.75, 3.05) is 6.61 Å². The molecule has 3 rings (SSSR count). The van der Waals surface area contributed by atoms with Gasteiger partial charge in [-0.25, -0.2) is 4.79 Å². The van der Waals surface area contributed by atoms with Crippen molar-refractivity contribution in [2.24, 2.45) is 0 Å². The monoisotopic (exact) mass is 334 g/mol. The number of fused-ring (bicyclic) bond motifs is 1. The van der Waals surface area contributed by atoms with Crippen LogP contribution in [0.15, 0.2) is 69.9 Å². The van der Waals surface area contributed by atoms with Crippen LogP contribution < -0.4 is 10.4 Å². The molecule has 3 aromatic rings. The molecule has 0 unspecified atom stereocenters. The normalized spacial score (nSPS) is 11.2. The second kappa shape index (κ2) is 8.34. The molecule has 0 aliphatic carbocycles. The zero-order valence-electron chi connectivity index (χ0n) is 14.4. The predicted octanol–water partition coefficient (Wildman–Crippen LogP) is 5.23. The minimum absolute atomic E-state index is 0.306. The van der Waals surface area contributed by atoms with E-state index in [2.05, 4.69) is 6.92 Å². The van der Waals surface area contributed by atoms with Gasteiger partial charge in [-0.1, -0.05) is 49.8 Å². The van der Waals surface area contributed by atoms with Gasteiger partial charge in [0.25, 0.3) is 0 Å². The number of ether oxygens (including phenoxy) is 1. The molecule has 0 radical (unpaired) electrons. The van der Waals surface area contributed by atoms with E-state index in [-0.39, 0.29) is 5.63 Å². The summed E-state index contributed by atoms with van der Waals surface area (Å²) in [5.74, 6) is 0.695. The highest BCUT2D eigenvalue weighted by Gasteiger charge is 2.06. The number of hydrogen-bond donors (Lipinski definition) is 0. The summed E-state index contributed by atoms with van der Waals surface area (Å²) in [5, 5.41) is 0.986. The van der Waals surface area contributed by atoms with Gasteiger partial charge in [0, 0.05) is 17.5 Å². The van der Waals surface area contributed by atoms with Crippen LogP contribution in [0.1, 0.15) is 30.9 Å². The molecule has 25 heavy (non-hydrogen) atoms. The number of benzene rings is 2. The van der Waals surface area contributed by atoms with Crippen LogP contribution in [0.2, 0.25) is 0 Å². The molecule has 1 heterocycles. The molecule has 0 saturated heterocycles. The molecule has 1 aromatic heterocycles. The molecule has 0 saturated carbocycles. The van der Waals surface area contributed by atoms with E-state index in [0.29, 0.717) is 17.9 Å². The van der Waals surface area contributed by atoms with Crippen LogP contribution in [0.3, 0.4) is 0 Å². The summed E-state index contributed by atoms with van der Waals surface area (Å²) in [6.45, 7) is 2.60. The smallest absolute Gasteiger partial charge is 0.336 e. The minimum atomic E-state index is -0.306. The lowest BCUT2D eigenvalue weighted by Crippen LogP contribution is -2.01. The Morgan fingerprint density at radius 2 is 1.92 bits per heavy atom. The predicted molar refractivity (Wildman–Crippen MR) is 102 cm³/mol. The summed E-state index contributed by atoms with van der Waals surface area (Å²) in [6, 6.07) is 17.4. The van der Waals surface area contributed by atoms with Crippen molar-refractivity contribution in [2.45, 2.75) is 26.2 Å². The lowest BCUT2D eigenvalue weighted by molar-refractivity contribution is 0.363. The molecule has 0 amide bonds. The van der Waals surface area contributed by atoms with Gasteiger partial charge >= 0.3 is 5.63 Å². The molecule has 0 atom stereocenters. The molecule has 128 valence electrons. The zero-order chi connectivity index (χ0) is 17.5. The third kappa shape index (κ3) is 4.60. The molecule has 3 heteroatoms. The fourth-order valence-electron chi connectivity index (χ4n) is 2.77. The maximum atomic E-state index is 11.8. The minimum Gasteiger partial charge on any atom is -0.489 e. The quantitative estimate of drug-likeness (QED) is 0.556. The lowest BCUT2D eigenvalue weighted by atomic mass is 10.0. The molecular formula is C22H22O3. The van der Waals surface area contributed by atoms with Crippen molar-refractivity contribution in [1.82, 2.24) is 0 Å². The van der Waals surface area contributed by atoms with Crippen molar-refractivity contribution in [3.63, 3.8) is 0 Å². The van der Waals surface area contributed by atoms with Gasteiger partial charge in [-0.3, -0.25) is 0 Å². The largest absolute Gasteiger partial charge is 0.489 e. The Morgan fingerprint density at radius 3 is 2.72 bits per heavy atom. The highest BCUT2D eigenvalue weighted by Crippen LogP contribution is 2.23. The van der Waals surface area contributed by atoms with Gasteiger partial charge in [0.2, 0.25) is 0 Å². The van der Waals surface area contributed by atoms with Crippen LogP contribution in [0, 0.1) is 0 Å². The van der Waals surface area contributed by atoms with Crippen LogP contribution in [0.4, 0.5) is 0 Å². The van der Waals surface area contributed by atoms with E-state index in [1.807, 2.05) is 54.6 Å². The van der Waals surface area contributed by atoms with Gasteiger partial charge in [0.1, 0.15) is 17.9 Å². The van der Waals surface area contributed by atoms with Crippen molar-refractivity contribution < 1.29 is 9.15 Å². The fourth-order valence-corrected chi connectivity index (χ4v) is 2.77. The topological polar surface area (TPSA) is 39.4 Å². The van der Waals surface area contributed by atoms with E-state index < -0.39 is 0 Å². The second-order valence-electron chi connectivity index (χ2n) is 5.98. The first-order chi connectivity index (χ1) is 12.3. The van der Waals surface area contributed by atoms with E-state index in [1.165, 1.54) is 0 Å². The Hall–Kier alpha value is -2.81. The Morgan fingerprint density at radius 1 is 1.08 bits per heavy atom. The molecule has 0 bridgehead atoms. The first-order valence-corrected chi connectivity index (χ1v) is 8.67. The molecule has 0 aliphatic heterocycles. The van der Waals surface area contributed by atoms with E-state index in [9.17, 15) is 4.79 Å². The number of hydrogen-bond acceptors (Lipinski definition) is 3. The summed E-state index contributed by atoms with van der Waals surface area (Å²) < 4.78 is 11.1. The van der Waals surface area contributed by atoms with Gasteiger partial charge in [0.05, 0.1) is 0 Å². The molecule has 0 spiro atoms. The molecule has 0 aliphatic rings. The summed E-state index contributed by atoms with van der Waals surface area (Å²) in [4.78, 5) is 11.8. The van der Waals surface area contributed by atoms with Crippen molar-refractivity contribution in [1.29, 1.82) is 0 Å². The second-order valence-corrected chi connectivity index (χ2v) is 5.98. The highest BCUT2D eigenvalue weighted by molar-refractivity contribution is 5.81. The number of aryl methyl sites for hydroxylation is 1. The third-order valence-electron chi connectivity index (χ3n) is 4.06. The van der Waals surface area contributed by atoms with Crippen LogP contribution in [-0.2, 0) is 6.42 Å². The van der Waals surface area contributed by atoms with Crippen LogP contribution in [-0.4, -0.2) is 6.61 Å². The zero-order valence-corrected chi connectivity index (χ0v) is 14.4. The maximum absolute atomic E-state index is 11.8. The van der Waals surface area contributed by atoms with E-state index in [0.717, 1.165) is 35.8 Å². The van der Waals surface area contributed by atoms with Gasteiger partial charge < -0.3 is 9.15 Å². The third-order valence-corrected chi connectivity index (χ3v) is 4.06. The molecule has 3 nitrogen and oxygen atoms in total. The van der Waals surface area contributed by atoms with Crippen molar-refractivity contribution >= 4 is 17.0 Å². The SMILES string of the molecule is CCCCc1cc(=O)oc2cc(OCC=Cc3ccccc3)ccc12. The summed E-state index contributed by atoms with van der Waals surface area (Å²) in [6.07, 6.45) is 7.02.